The topological polar surface area (TPSA) is 12.9 Å². The van der Waals surface area contributed by atoms with E-state index < -0.39 is 0 Å². The van der Waals surface area contributed by atoms with Crippen LogP contribution in [0.25, 0.3) is 10.8 Å². The van der Waals surface area contributed by atoms with Crippen LogP contribution >= 0.6 is 0 Å². The lowest BCUT2D eigenvalue weighted by Gasteiger charge is -1.91. The van der Waals surface area contributed by atoms with E-state index in [1.54, 1.807) is 0 Å². The van der Waals surface area contributed by atoms with Gasteiger partial charge in [0.05, 0.1) is 0 Å². The monoisotopic (exact) mass is 199 g/mol. The molecule has 0 N–H and O–H groups in total. The van der Waals surface area contributed by atoms with E-state index in [9.17, 15) is 0 Å². The molecule has 0 bridgehead atoms. The average molecular weight is 199 g/mol. The lowest BCUT2D eigenvalue weighted by Crippen LogP contribution is -1.71. The van der Waals surface area contributed by atoms with Crippen molar-refractivity contribution in [1.82, 2.24) is 4.98 Å². The Morgan fingerprint density at radius 2 is 1.33 bits per heavy atom. The molecule has 0 spiro atoms. The molecule has 0 atom stereocenters. The normalized spacial score (nSPS) is 14.7. The van der Waals surface area contributed by atoms with Crippen molar-refractivity contribution < 1.29 is 0 Å². The Kier molecular flexibility index (Phi) is 3.72. The molecule has 1 aromatic heterocycles. The van der Waals surface area contributed by atoms with Crippen molar-refractivity contribution in [2.75, 3.05) is 0 Å². The van der Waals surface area contributed by atoms with Crippen molar-refractivity contribution in [2.24, 2.45) is 0 Å². The molecule has 0 aliphatic heterocycles. The van der Waals surface area contributed by atoms with Crippen molar-refractivity contribution >= 4 is 10.8 Å². The van der Waals surface area contributed by atoms with Gasteiger partial charge >= 0.3 is 0 Å². The standard InChI is InChI=1S/C9H7N.C5H10/c1-2-4-9-7-10-6-5-8(9)3-1;1-2-4-5-3-1/h1-7H;1-5H2. The van der Waals surface area contributed by atoms with Gasteiger partial charge in [-0.2, -0.15) is 0 Å². The van der Waals surface area contributed by atoms with Gasteiger partial charge in [0, 0.05) is 12.4 Å². The summed E-state index contributed by atoms with van der Waals surface area (Å²) in [6, 6.07) is 10.2. The van der Waals surface area contributed by atoms with Gasteiger partial charge in [-0.25, -0.2) is 0 Å². The molecule has 3 rings (SSSR count). The largest absolute Gasteiger partial charge is 0.264 e. The van der Waals surface area contributed by atoms with Crippen LogP contribution in [0.4, 0.5) is 0 Å². The highest BCUT2D eigenvalue weighted by Gasteiger charge is 1.95. The summed E-state index contributed by atoms with van der Waals surface area (Å²) in [6.45, 7) is 0. The summed E-state index contributed by atoms with van der Waals surface area (Å²) in [5.41, 5.74) is 0. The van der Waals surface area contributed by atoms with Crippen LogP contribution in [0.2, 0.25) is 0 Å². The summed E-state index contributed by atoms with van der Waals surface area (Å²) in [7, 11) is 0. The van der Waals surface area contributed by atoms with Crippen LogP contribution in [0.1, 0.15) is 32.1 Å². The van der Waals surface area contributed by atoms with Gasteiger partial charge in [-0.05, 0) is 16.8 Å². The summed E-state index contributed by atoms with van der Waals surface area (Å²) >= 11 is 0. The van der Waals surface area contributed by atoms with Crippen LogP contribution in [-0.2, 0) is 0 Å². The average Bonchev–Trinajstić information content (AvgIpc) is 2.88. The Morgan fingerprint density at radius 1 is 0.733 bits per heavy atom. The van der Waals surface area contributed by atoms with Gasteiger partial charge in [-0.15, -0.1) is 0 Å². The molecule has 1 heterocycles. The van der Waals surface area contributed by atoms with E-state index in [4.69, 9.17) is 0 Å². The van der Waals surface area contributed by atoms with Crippen LogP contribution in [0.15, 0.2) is 42.7 Å². The van der Waals surface area contributed by atoms with Crippen molar-refractivity contribution in [3.05, 3.63) is 42.7 Å². The molecule has 1 saturated carbocycles. The predicted octanol–water partition coefficient (Wildman–Crippen LogP) is 4.19. The minimum atomic E-state index is 1.20. The van der Waals surface area contributed by atoms with E-state index >= 15 is 0 Å². The van der Waals surface area contributed by atoms with Gasteiger partial charge in [0.2, 0.25) is 0 Å². The van der Waals surface area contributed by atoms with E-state index in [2.05, 4.69) is 17.1 Å². The number of rotatable bonds is 0. The molecule has 0 saturated heterocycles. The highest BCUT2D eigenvalue weighted by molar-refractivity contribution is 5.80. The fourth-order valence-corrected chi connectivity index (χ4v) is 1.91. The van der Waals surface area contributed by atoms with E-state index in [-0.39, 0.29) is 0 Å². The summed E-state index contributed by atoms with van der Waals surface area (Å²) < 4.78 is 0. The molecular formula is C14H17N. The predicted molar refractivity (Wildman–Crippen MR) is 64.8 cm³/mol. The Balaban J connectivity index is 0.000000144. The van der Waals surface area contributed by atoms with E-state index in [1.165, 1.54) is 42.9 Å². The van der Waals surface area contributed by atoms with Crippen LogP contribution in [-0.4, -0.2) is 4.98 Å². The van der Waals surface area contributed by atoms with Crippen molar-refractivity contribution in [1.29, 1.82) is 0 Å². The van der Waals surface area contributed by atoms with Gasteiger partial charge in [-0.3, -0.25) is 4.98 Å². The lowest BCUT2D eigenvalue weighted by atomic mass is 10.2. The van der Waals surface area contributed by atoms with E-state index in [0.717, 1.165) is 0 Å². The molecule has 1 aliphatic carbocycles. The second kappa shape index (κ2) is 5.50. The molecule has 0 amide bonds. The van der Waals surface area contributed by atoms with Crippen LogP contribution in [0, 0.1) is 0 Å². The minimum Gasteiger partial charge on any atom is -0.264 e. The molecule has 15 heavy (non-hydrogen) atoms. The first-order chi connectivity index (χ1) is 7.47. The van der Waals surface area contributed by atoms with Crippen molar-refractivity contribution in [2.45, 2.75) is 32.1 Å². The fourth-order valence-electron chi connectivity index (χ4n) is 1.91. The smallest absolute Gasteiger partial charge is 0.0346 e. The molecule has 1 nitrogen and oxygen atoms in total. The molecule has 1 aromatic carbocycles. The second-order valence-electron chi connectivity index (χ2n) is 3.99. The molecule has 0 unspecified atom stereocenters. The Labute approximate surface area is 91.2 Å². The maximum Gasteiger partial charge on any atom is 0.0346 e. The lowest BCUT2D eigenvalue weighted by molar-refractivity contribution is 0.886. The Bertz CT molecular complexity index is 332. The molecule has 1 aliphatic rings. The number of aromatic nitrogens is 1. The first-order valence-corrected chi connectivity index (χ1v) is 5.75. The van der Waals surface area contributed by atoms with E-state index in [0.29, 0.717) is 0 Å². The van der Waals surface area contributed by atoms with Gasteiger partial charge in [0.15, 0.2) is 0 Å². The van der Waals surface area contributed by atoms with Gasteiger partial charge in [0.25, 0.3) is 0 Å². The number of pyridine rings is 1. The molecule has 0 radical (unpaired) electrons. The minimum absolute atomic E-state index is 1.20. The maximum atomic E-state index is 4.01. The first-order valence-electron chi connectivity index (χ1n) is 5.75. The maximum absolute atomic E-state index is 4.01. The fraction of sp³-hybridized carbons (Fsp3) is 0.357. The number of benzene rings is 1. The first kappa shape index (κ1) is 10.2. The molecule has 2 aromatic rings. The molecule has 1 fully saturated rings. The number of hydrogen-bond donors (Lipinski definition) is 0. The Hall–Kier alpha value is -1.37. The van der Waals surface area contributed by atoms with Crippen LogP contribution < -0.4 is 0 Å². The third-order valence-corrected chi connectivity index (χ3v) is 2.80. The molecule has 1 heteroatoms. The van der Waals surface area contributed by atoms with Crippen molar-refractivity contribution in [3.8, 4) is 0 Å². The van der Waals surface area contributed by atoms with Crippen LogP contribution in [0.3, 0.4) is 0 Å². The highest BCUT2D eigenvalue weighted by atomic mass is 14.6. The summed E-state index contributed by atoms with van der Waals surface area (Å²) in [5, 5.41) is 2.45. The summed E-state index contributed by atoms with van der Waals surface area (Å²) in [5.74, 6) is 0. The molecular weight excluding hydrogens is 182 g/mol. The highest BCUT2D eigenvalue weighted by Crippen LogP contribution is 2.15. The van der Waals surface area contributed by atoms with Gasteiger partial charge in [-0.1, -0.05) is 56.4 Å². The SMILES string of the molecule is C1CCCC1.c1ccc2cnccc2c1. The number of nitrogens with zero attached hydrogens (tertiary/aromatic N) is 1. The van der Waals surface area contributed by atoms with Crippen molar-refractivity contribution in [3.63, 3.8) is 0 Å². The molecule has 78 valence electrons. The second-order valence-corrected chi connectivity index (χ2v) is 3.99. The van der Waals surface area contributed by atoms with Gasteiger partial charge in [0.1, 0.15) is 0 Å². The summed E-state index contributed by atoms with van der Waals surface area (Å²) in [4.78, 5) is 4.01. The van der Waals surface area contributed by atoms with E-state index in [1.807, 2.05) is 30.6 Å². The quantitative estimate of drug-likeness (QED) is 0.620. The number of hydrogen-bond acceptors (Lipinski definition) is 1. The zero-order valence-electron chi connectivity index (χ0n) is 9.02. The van der Waals surface area contributed by atoms with Crippen LogP contribution in [0.5, 0.6) is 0 Å². The Morgan fingerprint density at radius 3 is 1.93 bits per heavy atom. The zero-order valence-corrected chi connectivity index (χ0v) is 9.02. The third kappa shape index (κ3) is 3.05. The summed E-state index contributed by atoms with van der Waals surface area (Å²) in [6.07, 6.45) is 11.2. The number of fused-ring (bicyclic) bond motifs is 1. The third-order valence-electron chi connectivity index (χ3n) is 2.80. The zero-order chi connectivity index (χ0) is 10.3. The van der Waals surface area contributed by atoms with Gasteiger partial charge < -0.3 is 0 Å².